The number of ether oxygens (including phenoxy) is 2. The van der Waals surface area contributed by atoms with E-state index < -0.39 is 0 Å². The Kier molecular flexibility index (Phi) is 20.8. The van der Waals surface area contributed by atoms with Crippen molar-refractivity contribution in [1.82, 2.24) is 0 Å². The molecule has 0 aromatic rings. The SMILES string of the molecule is CCCCCCCCCCCCCCCCOC(=O)C(C)=CCCOCC. The number of hydrogen-bond donors (Lipinski definition) is 0. The lowest BCUT2D eigenvalue weighted by Gasteiger charge is -2.06. The number of carbonyl (C=O) groups is 1. The van der Waals surface area contributed by atoms with Crippen molar-refractivity contribution >= 4 is 5.97 Å². The van der Waals surface area contributed by atoms with Gasteiger partial charge in [0.2, 0.25) is 0 Å². The van der Waals surface area contributed by atoms with Gasteiger partial charge in [0.15, 0.2) is 0 Å². The lowest BCUT2D eigenvalue weighted by atomic mass is 10.0. The van der Waals surface area contributed by atoms with Crippen molar-refractivity contribution in [2.45, 2.75) is 117 Å². The third-order valence-corrected chi connectivity index (χ3v) is 4.97. The van der Waals surface area contributed by atoms with Crippen LogP contribution in [0.5, 0.6) is 0 Å². The smallest absolute Gasteiger partial charge is 0.333 e. The molecule has 0 spiro atoms. The molecule has 0 N–H and O–H groups in total. The van der Waals surface area contributed by atoms with E-state index in [9.17, 15) is 4.79 Å². The summed E-state index contributed by atoms with van der Waals surface area (Å²) in [6.45, 7) is 8.00. The number of esters is 1. The molecule has 0 atom stereocenters. The van der Waals surface area contributed by atoms with E-state index >= 15 is 0 Å². The second-order valence-corrected chi connectivity index (χ2v) is 7.60. The Bertz CT molecular complexity index is 350. The summed E-state index contributed by atoms with van der Waals surface area (Å²) in [6.07, 6.45) is 21.4. The largest absolute Gasteiger partial charge is 0.462 e. The third kappa shape index (κ3) is 19.7. The van der Waals surface area contributed by atoms with E-state index in [2.05, 4.69) is 6.92 Å². The summed E-state index contributed by atoms with van der Waals surface area (Å²) in [5.41, 5.74) is 0.695. The van der Waals surface area contributed by atoms with Gasteiger partial charge in [-0.05, 0) is 26.7 Å². The van der Waals surface area contributed by atoms with Gasteiger partial charge in [-0.15, -0.1) is 0 Å². The summed E-state index contributed by atoms with van der Waals surface area (Å²) < 4.78 is 10.6. The molecule has 3 heteroatoms. The van der Waals surface area contributed by atoms with Gasteiger partial charge in [-0.3, -0.25) is 0 Å². The highest BCUT2D eigenvalue weighted by atomic mass is 16.5. The zero-order chi connectivity index (χ0) is 20.0. The van der Waals surface area contributed by atoms with Crippen LogP contribution in [-0.4, -0.2) is 25.8 Å². The molecule has 0 saturated carbocycles. The van der Waals surface area contributed by atoms with Crippen molar-refractivity contribution < 1.29 is 14.3 Å². The van der Waals surface area contributed by atoms with Crippen LogP contribution < -0.4 is 0 Å². The maximum Gasteiger partial charge on any atom is 0.333 e. The average molecular weight is 383 g/mol. The predicted octanol–water partition coefficient (Wildman–Crippen LogP) is 7.38. The van der Waals surface area contributed by atoms with Crippen molar-refractivity contribution in [2.75, 3.05) is 19.8 Å². The zero-order valence-electron chi connectivity index (χ0n) is 18.5. The Morgan fingerprint density at radius 1 is 0.704 bits per heavy atom. The normalized spacial score (nSPS) is 11.7. The number of hydrogen-bond acceptors (Lipinski definition) is 3. The first-order chi connectivity index (χ1) is 13.2. The van der Waals surface area contributed by atoms with Crippen LogP contribution in [-0.2, 0) is 14.3 Å². The zero-order valence-corrected chi connectivity index (χ0v) is 18.5. The topological polar surface area (TPSA) is 35.5 Å². The summed E-state index contributed by atoms with van der Waals surface area (Å²) >= 11 is 0. The summed E-state index contributed by atoms with van der Waals surface area (Å²) in [5.74, 6) is -0.179. The Balaban J connectivity index is 3.29. The minimum absolute atomic E-state index is 0.179. The van der Waals surface area contributed by atoms with Crippen LogP contribution in [0.15, 0.2) is 11.6 Å². The standard InChI is InChI=1S/C24H46O3/c1-4-6-7-8-9-10-11-12-13-14-15-16-17-18-22-27-24(25)23(3)20-19-21-26-5-2/h20H,4-19,21-22H2,1-3H3. The Morgan fingerprint density at radius 2 is 1.19 bits per heavy atom. The van der Waals surface area contributed by atoms with Crippen LogP contribution >= 0.6 is 0 Å². The van der Waals surface area contributed by atoms with Gasteiger partial charge < -0.3 is 9.47 Å². The first kappa shape index (κ1) is 26.2. The van der Waals surface area contributed by atoms with Gasteiger partial charge in [0.05, 0.1) is 13.2 Å². The summed E-state index contributed by atoms with van der Waals surface area (Å²) in [6, 6.07) is 0. The summed E-state index contributed by atoms with van der Waals surface area (Å²) in [5, 5.41) is 0. The van der Waals surface area contributed by atoms with E-state index in [1.165, 1.54) is 77.0 Å². The fourth-order valence-electron chi connectivity index (χ4n) is 3.16. The number of rotatable bonds is 20. The third-order valence-electron chi connectivity index (χ3n) is 4.97. The van der Waals surface area contributed by atoms with E-state index in [1.807, 2.05) is 19.9 Å². The molecule has 0 amide bonds. The molecule has 0 aliphatic rings. The second-order valence-electron chi connectivity index (χ2n) is 7.60. The molecule has 3 nitrogen and oxygen atoms in total. The fraction of sp³-hybridized carbons (Fsp3) is 0.875. The molecule has 0 aliphatic carbocycles. The number of unbranched alkanes of at least 4 members (excludes halogenated alkanes) is 13. The van der Waals surface area contributed by atoms with Gasteiger partial charge in [-0.1, -0.05) is 96.5 Å². The molecule has 160 valence electrons. The minimum Gasteiger partial charge on any atom is -0.462 e. The molecule has 0 aromatic carbocycles. The van der Waals surface area contributed by atoms with Crippen LogP contribution in [0.2, 0.25) is 0 Å². The molecule has 0 unspecified atom stereocenters. The van der Waals surface area contributed by atoms with E-state index in [1.54, 1.807) is 0 Å². The van der Waals surface area contributed by atoms with Crippen molar-refractivity contribution in [1.29, 1.82) is 0 Å². The predicted molar refractivity (Wildman–Crippen MR) is 116 cm³/mol. The molecule has 27 heavy (non-hydrogen) atoms. The van der Waals surface area contributed by atoms with Gasteiger partial charge in [-0.25, -0.2) is 4.79 Å². The lowest BCUT2D eigenvalue weighted by Crippen LogP contribution is -2.07. The molecular formula is C24H46O3. The highest BCUT2D eigenvalue weighted by molar-refractivity contribution is 5.87. The molecule has 0 rings (SSSR count). The monoisotopic (exact) mass is 382 g/mol. The van der Waals surface area contributed by atoms with Gasteiger partial charge in [0.1, 0.15) is 0 Å². The van der Waals surface area contributed by atoms with Crippen LogP contribution in [0.4, 0.5) is 0 Å². The average Bonchev–Trinajstić information content (AvgIpc) is 2.67. The van der Waals surface area contributed by atoms with Gasteiger partial charge >= 0.3 is 5.97 Å². The van der Waals surface area contributed by atoms with E-state index in [4.69, 9.17) is 9.47 Å². The van der Waals surface area contributed by atoms with Gasteiger partial charge in [0, 0.05) is 12.2 Å². The van der Waals surface area contributed by atoms with Crippen molar-refractivity contribution in [3.63, 3.8) is 0 Å². The van der Waals surface area contributed by atoms with Crippen LogP contribution in [0.25, 0.3) is 0 Å². The minimum atomic E-state index is -0.179. The van der Waals surface area contributed by atoms with Crippen LogP contribution in [0, 0.1) is 0 Å². The van der Waals surface area contributed by atoms with Gasteiger partial charge in [-0.2, -0.15) is 0 Å². The van der Waals surface area contributed by atoms with E-state index in [-0.39, 0.29) is 5.97 Å². The maximum atomic E-state index is 11.8. The molecular weight excluding hydrogens is 336 g/mol. The lowest BCUT2D eigenvalue weighted by molar-refractivity contribution is -0.139. The highest BCUT2D eigenvalue weighted by Crippen LogP contribution is 2.13. The summed E-state index contributed by atoms with van der Waals surface area (Å²) in [7, 11) is 0. The number of carbonyl (C=O) groups excluding carboxylic acids is 1. The Morgan fingerprint density at radius 3 is 1.67 bits per heavy atom. The Labute approximate surface area is 169 Å². The molecule has 0 aliphatic heterocycles. The highest BCUT2D eigenvalue weighted by Gasteiger charge is 2.04. The van der Waals surface area contributed by atoms with Crippen LogP contribution in [0.1, 0.15) is 117 Å². The quantitative estimate of drug-likeness (QED) is 0.125. The molecule has 0 heterocycles. The van der Waals surface area contributed by atoms with Crippen molar-refractivity contribution in [3.8, 4) is 0 Å². The fourth-order valence-corrected chi connectivity index (χ4v) is 3.16. The Hall–Kier alpha value is -0.830. The first-order valence-corrected chi connectivity index (χ1v) is 11.6. The molecule has 0 fully saturated rings. The molecule has 0 bridgehead atoms. The van der Waals surface area contributed by atoms with E-state index in [0.29, 0.717) is 18.8 Å². The van der Waals surface area contributed by atoms with E-state index in [0.717, 1.165) is 25.9 Å². The summed E-state index contributed by atoms with van der Waals surface area (Å²) in [4.78, 5) is 11.8. The maximum absolute atomic E-state index is 11.8. The van der Waals surface area contributed by atoms with Crippen molar-refractivity contribution in [3.05, 3.63) is 11.6 Å². The molecule has 0 saturated heterocycles. The van der Waals surface area contributed by atoms with Gasteiger partial charge in [0.25, 0.3) is 0 Å². The van der Waals surface area contributed by atoms with Crippen molar-refractivity contribution in [2.24, 2.45) is 0 Å². The first-order valence-electron chi connectivity index (χ1n) is 11.6. The molecule has 0 radical (unpaired) electrons. The molecule has 0 aromatic heterocycles. The second kappa shape index (κ2) is 21.5. The van der Waals surface area contributed by atoms with Crippen LogP contribution in [0.3, 0.4) is 0 Å².